The van der Waals surface area contributed by atoms with Crippen molar-refractivity contribution in [2.45, 2.75) is 20.0 Å². The van der Waals surface area contributed by atoms with Gasteiger partial charge in [-0.1, -0.05) is 31.2 Å². The Morgan fingerprint density at radius 2 is 1.66 bits per heavy atom. The van der Waals surface area contributed by atoms with Gasteiger partial charge < -0.3 is 4.74 Å². The lowest BCUT2D eigenvalue weighted by molar-refractivity contribution is -0.385. The monoisotopic (exact) mass is 430 g/mol. The van der Waals surface area contributed by atoms with Crippen molar-refractivity contribution in [2.24, 2.45) is 0 Å². The summed E-state index contributed by atoms with van der Waals surface area (Å²) in [7, 11) is 0. The van der Waals surface area contributed by atoms with Crippen LogP contribution in [0.3, 0.4) is 0 Å². The van der Waals surface area contributed by atoms with E-state index in [9.17, 15) is 24.5 Å². The van der Waals surface area contributed by atoms with Gasteiger partial charge in [0, 0.05) is 6.07 Å². The lowest BCUT2D eigenvalue weighted by Gasteiger charge is -2.14. The highest BCUT2D eigenvalue weighted by Gasteiger charge is 2.37. The number of amides is 2. The molecule has 0 unspecified atom stereocenters. The molecular weight excluding hydrogens is 412 g/mol. The standard InChI is InChI=1S/C24H18N2O6/c1-2-15-7-10-18(11-8-15)25-22(27)19-12-9-16(13-20(19)23(25)28)24(29)32-14-17-5-3-4-6-21(17)26(30)31/h3-13H,2,14H2,1H3. The molecule has 0 fully saturated rings. The number of nitro benzene ring substituents is 1. The Morgan fingerprint density at radius 1 is 0.969 bits per heavy atom. The summed E-state index contributed by atoms with van der Waals surface area (Å²) in [5.74, 6) is -1.74. The van der Waals surface area contributed by atoms with Crippen LogP contribution in [0.4, 0.5) is 11.4 Å². The minimum Gasteiger partial charge on any atom is -0.457 e. The maximum absolute atomic E-state index is 12.9. The van der Waals surface area contributed by atoms with E-state index in [0.717, 1.165) is 16.9 Å². The van der Waals surface area contributed by atoms with Crippen LogP contribution in [0, 0.1) is 10.1 Å². The highest BCUT2D eigenvalue weighted by atomic mass is 16.6. The Kier molecular flexibility index (Phi) is 5.51. The quantitative estimate of drug-likeness (QED) is 0.250. The third-order valence-electron chi connectivity index (χ3n) is 5.27. The number of nitrogens with zero attached hydrogens (tertiary/aromatic N) is 2. The Balaban J connectivity index is 1.54. The number of hydrogen-bond acceptors (Lipinski definition) is 6. The second kappa shape index (κ2) is 8.43. The fourth-order valence-corrected chi connectivity index (χ4v) is 3.52. The van der Waals surface area contributed by atoms with Gasteiger partial charge in [-0.05, 0) is 48.4 Å². The molecule has 4 rings (SSSR count). The van der Waals surface area contributed by atoms with E-state index in [1.165, 1.54) is 36.4 Å². The molecule has 32 heavy (non-hydrogen) atoms. The number of ether oxygens (including phenoxy) is 1. The summed E-state index contributed by atoms with van der Waals surface area (Å²) in [5.41, 5.74) is 2.01. The van der Waals surface area contributed by atoms with Crippen LogP contribution in [0.2, 0.25) is 0 Å². The molecule has 0 bridgehead atoms. The topological polar surface area (TPSA) is 107 Å². The van der Waals surface area contributed by atoms with E-state index in [4.69, 9.17) is 4.74 Å². The number of aryl methyl sites for hydroxylation is 1. The number of rotatable bonds is 6. The molecule has 0 N–H and O–H groups in total. The molecule has 0 atom stereocenters. The zero-order valence-electron chi connectivity index (χ0n) is 17.1. The third-order valence-corrected chi connectivity index (χ3v) is 5.27. The normalized spacial score (nSPS) is 12.6. The highest BCUT2D eigenvalue weighted by molar-refractivity contribution is 6.34. The Hall–Kier alpha value is -4.33. The SMILES string of the molecule is CCc1ccc(N2C(=O)c3ccc(C(=O)OCc4ccccc4[N+](=O)[O-])cc3C2=O)cc1. The van der Waals surface area contributed by atoms with Gasteiger partial charge in [0.25, 0.3) is 17.5 Å². The Morgan fingerprint density at radius 3 is 2.34 bits per heavy atom. The molecule has 3 aromatic carbocycles. The van der Waals surface area contributed by atoms with Gasteiger partial charge in [-0.2, -0.15) is 0 Å². The number of esters is 1. The van der Waals surface area contributed by atoms with E-state index in [2.05, 4.69) is 0 Å². The molecule has 0 spiro atoms. The van der Waals surface area contributed by atoms with Crippen molar-refractivity contribution in [1.29, 1.82) is 0 Å². The van der Waals surface area contributed by atoms with Crippen molar-refractivity contribution < 1.29 is 24.0 Å². The van der Waals surface area contributed by atoms with Crippen molar-refractivity contribution in [2.75, 3.05) is 4.90 Å². The summed E-state index contributed by atoms with van der Waals surface area (Å²) in [6.45, 7) is 1.71. The first-order valence-corrected chi connectivity index (χ1v) is 9.92. The molecule has 0 aliphatic carbocycles. The van der Waals surface area contributed by atoms with Crippen molar-refractivity contribution in [1.82, 2.24) is 0 Å². The zero-order chi connectivity index (χ0) is 22.8. The van der Waals surface area contributed by atoms with Crippen LogP contribution in [0.15, 0.2) is 66.7 Å². The summed E-state index contributed by atoms with van der Waals surface area (Å²) >= 11 is 0. The minimum absolute atomic E-state index is 0.0756. The maximum atomic E-state index is 12.9. The molecule has 0 saturated carbocycles. The number of fused-ring (bicyclic) bond motifs is 1. The van der Waals surface area contributed by atoms with Gasteiger partial charge in [-0.15, -0.1) is 0 Å². The number of hydrogen-bond donors (Lipinski definition) is 0. The lowest BCUT2D eigenvalue weighted by atomic mass is 10.1. The highest BCUT2D eigenvalue weighted by Crippen LogP contribution is 2.29. The van der Waals surface area contributed by atoms with Crippen LogP contribution < -0.4 is 4.90 Å². The van der Waals surface area contributed by atoms with Crippen LogP contribution in [-0.2, 0) is 17.8 Å². The first-order valence-electron chi connectivity index (χ1n) is 9.92. The number of carbonyl (C=O) groups is 3. The number of para-hydroxylation sites is 1. The summed E-state index contributed by atoms with van der Waals surface area (Å²) in [6.07, 6.45) is 0.833. The van der Waals surface area contributed by atoms with Gasteiger partial charge in [-0.3, -0.25) is 19.7 Å². The van der Waals surface area contributed by atoms with E-state index in [0.29, 0.717) is 5.69 Å². The summed E-state index contributed by atoms with van der Waals surface area (Å²) in [6, 6.07) is 17.2. The Bertz CT molecular complexity index is 1250. The van der Waals surface area contributed by atoms with Crippen LogP contribution in [0.25, 0.3) is 0 Å². The molecule has 8 nitrogen and oxygen atoms in total. The lowest BCUT2D eigenvalue weighted by Crippen LogP contribution is -2.29. The molecule has 1 heterocycles. The Labute approximate surface area is 183 Å². The zero-order valence-corrected chi connectivity index (χ0v) is 17.1. The van der Waals surface area contributed by atoms with Crippen LogP contribution in [0.1, 0.15) is 49.1 Å². The maximum Gasteiger partial charge on any atom is 0.338 e. The summed E-state index contributed by atoms with van der Waals surface area (Å²) in [4.78, 5) is 49.8. The predicted octanol–water partition coefficient (Wildman–Crippen LogP) is 4.31. The van der Waals surface area contributed by atoms with E-state index < -0.39 is 22.7 Å². The van der Waals surface area contributed by atoms with E-state index in [-0.39, 0.29) is 34.5 Å². The summed E-state index contributed by atoms with van der Waals surface area (Å²) < 4.78 is 5.21. The van der Waals surface area contributed by atoms with Gasteiger partial charge >= 0.3 is 5.97 Å². The average molecular weight is 430 g/mol. The molecule has 1 aliphatic heterocycles. The van der Waals surface area contributed by atoms with E-state index in [1.54, 1.807) is 18.2 Å². The minimum atomic E-state index is -0.753. The van der Waals surface area contributed by atoms with Gasteiger partial charge in [0.2, 0.25) is 0 Å². The molecule has 0 aromatic heterocycles. The molecular formula is C24H18N2O6. The van der Waals surface area contributed by atoms with Gasteiger partial charge in [0.15, 0.2) is 0 Å². The third kappa shape index (κ3) is 3.74. The fourth-order valence-electron chi connectivity index (χ4n) is 3.52. The number of imide groups is 1. The van der Waals surface area contributed by atoms with Crippen LogP contribution in [0.5, 0.6) is 0 Å². The first-order chi connectivity index (χ1) is 15.4. The van der Waals surface area contributed by atoms with E-state index in [1.807, 2.05) is 19.1 Å². The number of nitro groups is 1. The van der Waals surface area contributed by atoms with Crippen molar-refractivity contribution >= 4 is 29.2 Å². The molecule has 8 heteroatoms. The smallest absolute Gasteiger partial charge is 0.338 e. The summed E-state index contributed by atoms with van der Waals surface area (Å²) in [5, 5.41) is 11.1. The largest absolute Gasteiger partial charge is 0.457 e. The van der Waals surface area contributed by atoms with Crippen LogP contribution >= 0.6 is 0 Å². The molecule has 2 amide bonds. The van der Waals surface area contributed by atoms with Crippen molar-refractivity contribution in [3.63, 3.8) is 0 Å². The molecule has 0 saturated heterocycles. The molecule has 3 aromatic rings. The van der Waals surface area contributed by atoms with Gasteiger partial charge in [0.1, 0.15) is 6.61 Å². The first kappa shape index (κ1) is 20.9. The van der Waals surface area contributed by atoms with Gasteiger partial charge in [-0.25, -0.2) is 9.69 Å². The molecule has 1 aliphatic rings. The van der Waals surface area contributed by atoms with E-state index >= 15 is 0 Å². The van der Waals surface area contributed by atoms with Crippen molar-refractivity contribution in [3.05, 3.63) is 105 Å². The fraction of sp³-hybridized carbons (Fsp3) is 0.125. The van der Waals surface area contributed by atoms with Gasteiger partial charge in [0.05, 0.1) is 32.9 Å². The molecule has 0 radical (unpaired) electrons. The van der Waals surface area contributed by atoms with Crippen molar-refractivity contribution in [3.8, 4) is 0 Å². The number of carbonyl (C=O) groups excluding carboxylic acids is 3. The number of anilines is 1. The molecule has 160 valence electrons. The average Bonchev–Trinajstić information content (AvgIpc) is 3.07. The van der Waals surface area contributed by atoms with Crippen LogP contribution in [-0.4, -0.2) is 22.7 Å². The second-order valence-corrected chi connectivity index (χ2v) is 7.19. The second-order valence-electron chi connectivity index (χ2n) is 7.19. The number of benzene rings is 3. The predicted molar refractivity (Wildman–Crippen MR) is 116 cm³/mol.